The molecule has 0 aliphatic rings. The summed E-state index contributed by atoms with van der Waals surface area (Å²) in [5.74, 6) is 1.30. The van der Waals surface area contributed by atoms with Crippen molar-refractivity contribution in [3.05, 3.63) is 53.6 Å². The molecular weight excluding hydrogens is 396 g/mol. The van der Waals surface area contributed by atoms with Gasteiger partial charge in [-0.2, -0.15) is 0 Å². The van der Waals surface area contributed by atoms with Gasteiger partial charge in [0.05, 0.1) is 27.1 Å². The van der Waals surface area contributed by atoms with Gasteiger partial charge in [0.15, 0.2) is 11.5 Å². The standard InChI is InChI=1S/C20H26N2O6S/c1-26-17-7-5-16(6-8-17)20(23)21-12-13-29(24,25)22-11-10-15-4-9-18(27-2)19(14-15)28-3/h4-9,14,22H,10-13H2,1-3H3,(H,21,23). The smallest absolute Gasteiger partial charge is 0.251 e. The lowest BCUT2D eigenvalue weighted by molar-refractivity contribution is 0.0956. The SMILES string of the molecule is COc1ccc(C(=O)NCCS(=O)(=O)NCCc2ccc(OC)c(OC)c2)cc1. The molecule has 2 aromatic carbocycles. The Morgan fingerprint density at radius 1 is 0.897 bits per heavy atom. The molecule has 2 rings (SSSR count). The van der Waals surface area contributed by atoms with Crippen LogP contribution in [0.2, 0.25) is 0 Å². The van der Waals surface area contributed by atoms with E-state index in [2.05, 4.69) is 10.0 Å². The number of amides is 1. The van der Waals surface area contributed by atoms with E-state index in [0.29, 0.717) is 29.2 Å². The minimum absolute atomic E-state index is 0.0105. The van der Waals surface area contributed by atoms with Crippen LogP contribution in [0.3, 0.4) is 0 Å². The van der Waals surface area contributed by atoms with Crippen LogP contribution in [0.1, 0.15) is 15.9 Å². The quantitative estimate of drug-likeness (QED) is 0.570. The highest BCUT2D eigenvalue weighted by Gasteiger charge is 2.12. The molecule has 0 saturated heterocycles. The molecule has 0 heterocycles. The molecular formula is C20H26N2O6S. The Morgan fingerprint density at radius 3 is 2.21 bits per heavy atom. The van der Waals surface area contributed by atoms with Gasteiger partial charge in [-0.25, -0.2) is 13.1 Å². The maximum absolute atomic E-state index is 12.1. The zero-order chi connectivity index (χ0) is 21.3. The second kappa shape index (κ2) is 10.7. The summed E-state index contributed by atoms with van der Waals surface area (Å²) in [5, 5.41) is 2.60. The van der Waals surface area contributed by atoms with E-state index in [1.54, 1.807) is 44.6 Å². The largest absolute Gasteiger partial charge is 0.497 e. The fraction of sp³-hybridized carbons (Fsp3) is 0.350. The lowest BCUT2D eigenvalue weighted by Crippen LogP contribution is -2.35. The molecule has 0 radical (unpaired) electrons. The Kier molecular flexibility index (Phi) is 8.29. The number of carbonyl (C=O) groups excluding carboxylic acids is 1. The van der Waals surface area contributed by atoms with Crippen molar-refractivity contribution in [2.24, 2.45) is 0 Å². The van der Waals surface area contributed by atoms with E-state index in [4.69, 9.17) is 14.2 Å². The molecule has 1 amide bonds. The maximum Gasteiger partial charge on any atom is 0.251 e. The van der Waals surface area contributed by atoms with E-state index in [0.717, 1.165) is 5.56 Å². The minimum atomic E-state index is -3.51. The molecule has 2 N–H and O–H groups in total. The Hall–Kier alpha value is -2.78. The first-order valence-corrected chi connectivity index (χ1v) is 10.6. The molecule has 9 heteroatoms. The molecule has 8 nitrogen and oxygen atoms in total. The van der Waals surface area contributed by atoms with Gasteiger partial charge in [0.25, 0.3) is 5.91 Å². The van der Waals surface area contributed by atoms with Crippen LogP contribution >= 0.6 is 0 Å². The first-order chi connectivity index (χ1) is 13.9. The highest BCUT2D eigenvalue weighted by Crippen LogP contribution is 2.27. The second-order valence-corrected chi connectivity index (χ2v) is 8.06. The molecule has 0 fully saturated rings. The predicted molar refractivity (Wildman–Crippen MR) is 110 cm³/mol. The summed E-state index contributed by atoms with van der Waals surface area (Å²) >= 11 is 0. The monoisotopic (exact) mass is 422 g/mol. The van der Waals surface area contributed by atoms with Crippen molar-refractivity contribution >= 4 is 15.9 Å². The lowest BCUT2D eigenvalue weighted by Gasteiger charge is -2.11. The summed E-state index contributed by atoms with van der Waals surface area (Å²) in [5.41, 5.74) is 1.35. The van der Waals surface area contributed by atoms with Crippen LogP contribution < -0.4 is 24.2 Å². The molecule has 0 spiro atoms. The number of nitrogens with one attached hydrogen (secondary N) is 2. The predicted octanol–water partition coefficient (Wildman–Crippen LogP) is 1.60. The molecule has 0 unspecified atom stereocenters. The van der Waals surface area contributed by atoms with Gasteiger partial charge in [-0.05, 0) is 48.4 Å². The average Bonchev–Trinajstić information content (AvgIpc) is 2.73. The Balaban J connectivity index is 1.77. The van der Waals surface area contributed by atoms with Crippen molar-refractivity contribution in [3.63, 3.8) is 0 Å². The number of hydrogen-bond donors (Lipinski definition) is 2. The molecule has 0 aliphatic carbocycles. The zero-order valence-corrected chi connectivity index (χ0v) is 17.5. The van der Waals surface area contributed by atoms with Crippen LogP contribution in [0.5, 0.6) is 17.2 Å². The lowest BCUT2D eigenvalue weighted by atomic mass is 10.1. The van der Waals surface area contributed by atoms with Crippen molar-refractivity contribution < 1.29 is 27.4 Å². The summed E-state index contributed by atoms with van der Waals surface area (Å²) in [7, 11) is 1.13. The number of sulfonamides is 1. The number of rotatable bonds is 11. The van der Waals surface area contributed by atoms with Crippen molar-refractivity contribution in [1.29, 1.82) is 0 Å². The Labute approximate surface area is 171 Å². The first-order valence-electron chi connectivity index (χ1n) is 8.99. The van der Waals surface area contributed by atoms with E-state index in [1.807, 2.05) is 12.1 Å². The molecule has 0 aliphatic heterocycles. The van der Waals surface area contributed by atoms with Gasteiger partial charge in [0.2, 0.25) is 10.0 Å². The average molecular weight is 423 g/mol. The van der Waals surface area contributed by atoms with Crippen molar-refractivity contribution in [1.82, 2.24) is 10.0 Å². The third-order valence-corrected chi connectivity index (χ3v) is 5.58. The molecule has 0 atom stereocenters. The van der Waals surface area contributed by atoms with Crippen LogP contribution in [0.4, 0.5) is 0 Å². The topological polar surface area (TPSA) is 103 Å². The van der Waals surface area contributed by atoms with Crippen LogP contribution in [-0.4, -0.2) is 54.5 Å². The molecule has 0 bridgehead atoms. The van der Waals surface area contributed by atoms with Crippen LogP contribution in [0.25, 0.3) is 0 Å². The molecule has 2 aromatic rings. The first kappa shape index (κ1) is 22.5. The number of hydrogen-bond acceptors (Lipinski definition) is 6. The molecule has 0 aromatic heterocycles. The van der Waals surface area contributed by atoms with Crippen molar-refractivity contribution in [2.45, 2.75) is 6.42 Å². The number of benzene rings is 2. The van der Waals surface area contributed by atoms with Crippen molar-refractivity contribution in [2.75, 3.05) is 40.2 Å². The molecule has 158 valence electrons. The van der Waals surface area contributed by atoms with Gasteiger partial charge in [-0.15, -0.1) is 0 Å². The highest BCUT2D eigenvalue weighted by atomic mass is 32.2. The summed E-state index contributed by atoms with van der Waals surface area (Å²) in [6, 6.07) is 12.0. The van der Waals surface area contributed by atoms with E-state index in [9.17, 15) is 13.2 Å². The number of ether oxygens (including phenoxy) is 3. The van der Waals surface area contributed by atoms with Gasteiger partial charge in [-0.3, -0.25) is 4.79 Å². The maximum atomic E-state index is 12.1. The third kappa shape index (κ3) is 6.95. The summed E-state index contributed by atoms with van der Waals surface area (Å²) in [6.45, 7) is 0.251. The van der Waals surface area contributed by atoms with Gasteiger partial charge in [0.1, 0.15) is 5.75 Å². The summed E-state index contributed by atoms with van der Waals surface area (Å²) in [4.78, 5) is 12.1. The number of carbonyl (C=O) groups is 1. The second-order valence-electron chi connectivity index (χ2n) is 6.14. The van der Waals surface area contributed by atoms with E-state index in [-0.39, 0.29) is 24.7 Å². The summed E-state index contributed by atoms with van der Waals surface area (Å²) < 4.78 is 42.2. The van der Waals surface area contributed by atoms with Crippen LogP contribution in [0.15, 0.2) is 42.5 Å². The third-order valence-electron chi connectivity index (χ3n) is 4.19. The normalized spacial score (nSPS) is 11.0. The van der Waals surface area contributed by atoms with Gasteiger partial charge in [-0.1, -0.05) is 6.07 Å². The summed E-state index contributed by atoms with van der Waals surface area (Å²) in [6.07, 6.45) is 0.498. The fourth-order valence-corrected chi connectivity index (χ4v) is 3.53. The fourth-order valence-electron chi connectivity index (χ4n) is 2.60. The van der Waals surface area contributed by atoms with E-state index < -0.39 is 10.0 Å². The molecule has 29 heavy (non-hydrogen) atoms. The van der Waals surface area contributed by atoms with Crippen LogP contribution in [0, 0.1) is 0 Å². The Morgan fingerprint density at radius 2 is 1.59 bits per heavy atom. The number of methoxy groups -OCH3 is 3. The van der Waals surface area contributed by atoms with Crippen LogP contribution in [-0.2, 0) is 16.4 Å². The molecule has 0 saturated carbocycles. The van der Waals surface area contributed by atoms with Crippen molar-refractivity contribution in [3.8, 4) is 17.2 Å². The zero-order valence-electron chi connectivity index (χ0n) is 16.7. The van der Waals surface area contributed by atoms with Gasteiger partial charge < -0.3 is 19.5 Å². The van der Waals surface area contributed by atoms with Gasteiger partial charge in [0, 0.05) is 18.7 Å². The Bertz CT molecular complexity index is 913. The highest BCUT2D eigenvalue weighted by molar-refractivity contribution is 7.89. The minimum Gasteiger partial charge on any atom is -0.497 e. The van der Waals surface area contributed by atoms with Gasteiger partial charge >= 0.3 is 0 Å². The van der Waals surface area contributed by atoms with E-state index in [1.165, 1.54) is 7.11 Å². The van der Waals surface area contributed by atoms with E-state index >= 15 is 0 Å².